The van der Waals surface area contributed by atoms with E-state index in [4.69, 9.17) is 10.2 Å². The van der Waals surface area contributed by atoms with Crippen LogP contribution in [-0.2, 0) is 9.59 Å². The Morgan fingerprint density at radius 3 is 2.32 bits per heavy atom. The summed E-state index contributed by atoms with van der Waals surface area (Å²) in [7, 11) is 0. The molecule has 2 aromatic heterocycles. The number of H-pyrrole nitrogens is 2. The third-order valence-electron chi connectivity index (χ3n) is 5.08. The molecule has 0 unspecified atom stereocenters. The van der Waals surface area contributed by atoms with Gasteiger partial charge in [-0.3, -0.25) is 9.89 Å². The fourth-order valence-electron chi connectivity index (χ4n) is 3.56. The number of imidazole rings is 1. The van der Waals surface area contributed by atoms with Crippen LogP contribution in [0.3, 0.4) is 0 Å². The van der Waals surface area contributed by atoms with Crippen LogP contribution in [0.15, 0.2) is 42.7 Å². The summed E-state index contributed by atoms with van der Waals surface area (Å²) >= 11 is 0. The van der Waals surface area contributed by atoms with Crippen LogP contribution in [0, 0.1) is 6.92 Å². The zero-order chi connectivity index (χ0) is 22.4. The van der Waals surface area contributed by atoms with Crippen molar-refractivity contribution in [3.05, 3.63) is 59.8 Å². The van der Waals surface area contributed by atoms with Crippen LogP contribution in [0.1, 0.15) is 40.6 Å². The number of hydrogen-bond donors (Lipinski definition) is 4. The second-order valence-corrected chi connectivity index (χ2v) is 7.11. The van der Waals surface area contributed by atoms with Crippen molar-refractivity contribution in [2.45, 2.75) is 25.7 Å². The monoisotopic (exact) mass is 425 g/mol. The molecule has 1 aliphatic heterocycles. The van der Waals surface area contributed by atoms with Gasteiger partial charge in [0.15, 0.2) is 5.69 Å². The molecule has 1 aliphatic rings. The number of hydrogen-bond acceptors (Lipinski definition) is 5. The average molecular weight is 425 g/mol. The van der Waals surface area contributed by atoms with E-state index < -0.39 is 11.9 Å². The topological polar surface area (TPSA) is 152 Å². The van der Waals surface area contributed by atoms with Crippen molar-refractivity contribution in [2.75, 3.05) is 13.1 Å². The molecule has 31 heavy (non-hydrogen) atoms. The minimum absolute atomic E-state index is 0.0136. The van der Waals surface area contributed by atoms with Crippen LogP contribution in [0.25, 0.3) is 10.9 Å². The van der Waals surface area contributed by atoms with Crippen molar-refractivity contribution in [2.24, 2.45) is 0 Å². The average Bonchev–Trinajstić information content (AvgIpc) is 3.38. The molecule has 0 spiro atoms. The number of piperidine rings is 1. The second-order valence-electron chi connectivity index (χ2n) is 7.11. The first-order chi connectivity index (χ1) is 14.9. The summed E-state index contributed by atoms with van der Waals surface area (Å²) in [6, 6.07) is 7.74. The molecule has 3 aromatic rings. The molecule has 0 saturated carbocycles. The van der Waals surface area contributed by atoms with Gasteiger partial charge >= 0.3 is 11.9 Å². The Labute approximate surface area is 177 Å². The quantitative estimate of drug-likeness (QED) is 0.468. The van der Waals surface area contributed by atoms with E-state index in [9.17, 15) is 14.4 Å². The zero-order valence-corrected chi connectivity index (χ0v) is 16.9. The van der Waals surface area contributed by atoms with Gasteiger partial charge in [-0.25, -0.2) is 14.6 Å². The number of carboxylic acid groups (broad SMARTS) is 2. The number of nitrogens with zero attached hydrogens (tertiary/aromatic N) is 3. The number of aliphatic carboxylic acids is 2. The van der Waals surface area contributed by atoms with E-state index in [1.165, 1.54) is 0 Å². The Kier molecular flexibility index (Phi) is 6.81. The maximum Gasteiger partial charge on any atom is 0.328 e. The van der Waals surface area contributed by atoms with Gasteiger partial charge in [0.25, 0.3) is 5.91 Å². The minimum atomic E-state index is -1.26. The first-order valence-corrected chi connectivity index (χ1v) is 9.73. The standard InChI is InChI=1S/C17H19N5O.C4H4O4/c1-11-15(19-10-18-11)12-6-8-22(9-7-12)17(23)16-13-4-2-3-5-14(13)20-21-16;5-3(6)1-2-4(7)8/h2-5,10,12H,6-9H2,1H3,(H,18,19)(H,20,21);1-2H,(H,5,6)(H,7,8). The highest BCUT2D eigenvalue weighted by Gasteiger charge is 2.28. The van der Waals surface area contributed by atoms with E-state index in [1.54, 1.807) is 6.33 Å². The lowest BCUT2D eigenvalue weighted by molar-refractivity contribution is -0.134. The Hall–Kier alpha value is -3.95. The Balaban J connectivity index is 0.000000293. The van der Waals surface area contributed by atoms with Gasteiger partial charge in [-0.15, -0.1) is 0 Å². The van der Waals surface area contributed by atoms with Crippen LogP contribution >= 0.6 is 0 Å². The number of carbonyl (C=O) groups is 3. The highest BCUT2D eigenvalue weighted by Crippen LogP contribution is 2.29. The van der Waals surface area contributed by atoms with Gasteiger partial charge in [-0.1, -0.05) is 18.2 Å². The predicted octanol–water partition coefficient (Wildman–Crippen LogP) is 2.33. The number of carboxylic acids is 2. The molecule has 4 N–H and O–H groups in total. The van der Waals surface area contributed by atoms with Gasteiger partial charge in [-0.2, -0.15) is 5.10 Å². The third-order valence-corrected chi connectivity index (χ3v) is 5.08. The van der Waals surface area contributed by atoms with E-state index in [0.717, 1.165) is 48.2 Å². The van der Waals surface area contributed by atoms with Crippen molar-refractivity contribution >= 4 is 28.7 Å². The van der Waals surface area contributed by atoms with E-state index >= 15 is 0 Å². The van der Waals surface area contributed by atoms with Gasteiger partial charge < -0.3 is 20.1 Å². The summed E-state index contributed by atoms with van der Waals surface area (Å²) in [5.41, 5.74) is 3.70. The van der Waals surface area contributed by atoms with Gasteiger partial charge in [0.2, 0.25) is 0 Å². The van der Waals surface area contributed by atoms with Crippen molar-refractivity contribution in [3.8, 4) is 0 Å². The van der Waals surface area contributed by atoms with Gasteiger partial charge in [0.1, 0.15) is 0 Å². The summed E-state index contributed by atoms with van der Waals surface area (Å²) in [5.74, 6) is -2.07. The Morgan fingerprint density at radius 2 is 1.74 bits per heavy atom. The molecule has 10 heteroatoms. The molecular formula is C21H23N5O5. The maximum absolute atomic E-state index is 12.8. The molecule has 0 bridgehead atoms. The number of aryl methyl sites for hydroxylation is 1. The van der Waals surface area contributed by atoms with Crippen LogP contribution in [0.5, 0.6) is 0 Å². The molecule has 1 fully saturated rings. The first-order valence-electron chi connectivity index (χ1n) is 9.73. The predicted molar refractivity (Wildman–Crippen MR) is 112 cm³/mol. The van der Waals surface area contributed by atoms with Crippen molar-refractivity contribution in [1.29, 1.82) is 0 Å². The highest BCUT2D eigenvalue weighted by atomic mass is 16.4. The summed E-state index contributed by atoms with van der Waals surface area (Å²) in [5, 5.41) is 23.7. The molecule has 3 heterocycles. The molecule has 10 nitrogen and oxygen atoms in total. The summed E-state index contributed by atoms with van der Waals surface area (Å²) < 4.78 is 0. The van der Waals surface area contributed by atoms with Crippen LogP contribution in [-0.4, -0.2) is 66.2 Å². The normalized spacial score (nSPS) is 14.4. The second kappa shape index (κ2) is 9.70. The van der Waals surface area contributed by atoms with Crippen LogP contribution < -0.4 is 0 Å². The number of para-hydroxylation sites is 1. The van der Waals surface area contributed by atoms with E-state index in [2.05, 4.69) is 27.1 Å². The minimum Gasteiger partial charge on any atom is -0.478 e. The Morgan fingerprint density at radius 1 is 1.10 bits per heavy atom. The number of fused-ring (bicyclic) bond motifs is 1. The number of nitrogens with one attached hydrogen (secondary N) is 2. The lowest BCUT2D eigenvalue weighted by Crippen LogP contribution is -2.38. The van der Waals surface area contributed by atoms with Gasteiger partial charge in [0, 0.05) is 42.2 Å². The molecule has 0 radical (unpaired) electrons. The molecule has 0 aliphatic carbocycles. The van der Waals surface area contributed by atoms with E-state index in [-0.39, 0.29) is 5.91 Å². The van der Waals surface area contributed by atoms with Crippen LogP contribution in [0.2, 0.25) is 0 Å². The zero-order valence-electron chi connectivity index (χ0n) is 16.9. The number of aromatic amines is 2. The summed E-state index contributed by atoms with van der Waals surface area (Å²) in [4.78, 5) is 41.3. The smallest absolute Gasteiger partial charge is 0.328 e. The number of amides is 1. The molecular weight excluding hydrogens is 402 g/mol. The number of rotatable bonds is 4. The van der Waals surface area contributed by atoms with Crippen molar-refractivity contribution in [3.63, 3.8) is 0 Å². The lowest BCUT2D eigenvalue weighted by Gasteiger charge is -2.31. The number of aromatic nitrogens is 4. The van der Waals surface area contributed by atoms with E-state index in [0.29, 0.717) is 23.8 Å². The number of carbonyl (C=O) groups excluding carboxylic acids is 1. The highest BCUT2D eigenvalue weighted by molar-refractivity contribution is 6.04. The van der Waals surface area contributed by atoms with Gasteiger partial charge in [-0.05, 0) is 25.8 Å². The van der Waals surface area contributed by atoms with Gasteiger partial charge in [0.05, 0.1) is 17.5 Å². The maximum atomic E-state index is 12.8. The number of likely N-dealkylation sites (tertiary alicyclic amines) is 1. The molecule has 162 valence electrons. The number of benzene rings is 1. The third kappa shape index (κ3) is 5.35. The summed E-state index contributed by atoms with van der Waals surface area (Å²) in [6.45, 7) is 3.55. The SMILES string of the molecule is Cc1[nH]cnc1C1CCN(C(=O)c2n[nH]c3ccccc23)CC1.O=C(O)C=CC(=O)O. The summed E-state index contributed by atoms with van der Waals surface area (Å²) in [6.07, 6.45) is 4.75. The van der Waals surface area contributed by atoms with Crippen molar-refractivity contribution in [1.82, 2.24) is 25.1 Å². The molecule has 1 aromatic carbocycles. The fourth-order valence-corrected chi connectivity index (χ4v) is 3.56. The molecule has 4 rings (SSSR count). The largest absolute Gasteiger partial charge is 0.478 e. The van der Waals surface area contributed by atoms with Crippen LogP contribution in [0.4, 0.5) is 0 Å². The molecule has 1 saturated heterocycles. The molecule has 0 atom stereocenters. The van der Waals surface area contributed by atoms with E-state index in [1.807, 2.05) is 29.2 Å². The fraction of sp³-hybridized carbons (Fsp3) is 0.286. The Bertz CT molecular complexity index is 1090. The van der Waals surface area contributed by atoms with Crippen molar-refractivity contribution < 1.29 is 24.6 Å². The lowest BCUT2D eigenvalue weighted by atomic mass is 9.92. The first kappa shape index (κ1) is 21.8. The molecule has 1 amide bonds.